The van der Waals surface area contributed by atoms with Crippen LogP contribution in [0.2, 0.25) is 0 Å². The molecule has 13 rings (SSSR count). The van der Waals surface area contributed by atoms with Crippen LogP contribution in [-0.4, -0.2) is 19.1 Å². The predicted octanol–water partition coefficient (Wildman–Crippen LogP) is 14.7. The molecule has 5 nitrogen and oxygen atoms in total. The number of para-hydroxylation sites is 6. The fourth-order valence-electron chi connectivity index (χ4n) is 9.70. The van der Waals surface area contributed by atoms with Crippen molar-refractivity contribution in [1.82, 2.24) is 19.1 Å². The van der Waals surface area contributed by atoms with E-state index >= 15 is 0 Å². The molecule has 284 valence electrons. The van der Waals surface area contributed by atoms with E-state index in [4.69, 9.17) is 14.4 Å². The number of hydrogen-bond donors (Lipinski definition) is 0. The molecule has 0 unspecified atom stereocenters. The molecule has 61 heavy (non-hydrogen) atoms. The second-order valence-electron chi connectivity index (χ2n) is 15.7. The third-order valence-electron chi connectivity index (χ3n) is 12.3. The van der Waals surface area contributed by atoms with Crippen LogP contribution >= 0.6 is 0 Å². The van der Waals surface area contributed by atoms with Crippen molar-refractivity contribution in [2.75, 3.05) is 0 Å². The summed E-state index contributed by atoms with van der Waals surface area (Å²) in [5.41, 5.74) is 16.0. The molecule has 0 saturated heterocycles. The van der Waals surface area contributed by atoms with Crippen LogP contribution in [-0.2, 0) is 0 Å². The summed E-state index contributed by atoms with van der Waals surface area (Å²) in [6.07, 6.45) is 0. The maximum absolute atomic E-state index is 7.00. The molecule has 4 heterocycles. The van der Waals surface area contributed by atoms with Crippen LogP contribution < -0.4 is 0 Å². The van der Waals surface area contributed by atoms with Crippen molar-refractivity contribution < 1.29 is 4.42 Å². The SMILES string of the molecule is c1ccc(-c2cc(-c3nc4ccccc4nc3-c3ccccc3)ccc2-n2c3ccccc3c3c4c5ccccc5oc4c4c5ccccc5n(-c5ccccc5)c4c32)cc1. The zero-order chi connectivity index (χ0) is 40.0. The van der Waals surface area contributed by atoms with E-state index in [9.17, 15) is 0 Å². The van der Waals surface area contributed by atoms with Gasteiger partial charge in [0, 0.05) is 49.3 Å². The molecule has 0 radical (unpaired) electrons. The smallest absolute Gasteiger partial charge is 0.146 e. The van der Waals surface area contributed by atoms with Gasteiger partial charge >= 0.3 is 0 Å². The summed E-state index contributed by atoms with van der Waals surface area (Å²) >= 11 is 0. The Hall–Kier alpha value is -8.28. The Bertz CT molecular complexity index is 3860. The van der Waals surface area contributed by atoms with E-state index in [1.165, 1.54) is 0 Å². The highest BCUT2D eigenvalue weighted by Crippen LogP contribution is 2.50. The first kappa shape index (κ1) is 33.7. The highest BCUT2D eigenvalue weighted by Gasteiger charge is 2.28. The predicted molar refractivity (Wildman–Crippen MR) is 252 cm³/mol. The van der Waals surface area contributed by atoms with Crippen LogP contribution in [0, 0.1) is 0 Å². The van der Waals surface area contributed by atoms with E-state index in [1.54, 1.807) is 0 Å². The molecule has 0 aliphatic rings. The monoisotopic (exact) mass is 778 g/mol. The second kappa shape index (κ2) is 13.1. The third kappa shape index (κ3) is 4.95. The number of fused-ring (bicyclic) bond motifs is 13. The lowest BCUT2D eigenvalue weighted by Crippen LogP contribution is -2.02. The molecule has 5 heteroatoms. The van der Waals surface area contributed by atoms with Gasteiger partial charge in [0.05, 0.1) is 55.6 Å². The van der Waals surface area contributed by atoms with E-state index < -0.39 is 0 Å². The third-order valence-corrected chi connectivity index (χ3v) is 12.3. The average molecular weight is 779 g/mol. The fourth-order valence-corrected chi connectivity index (χ4v) is 9.70. The number of hydrogen-bond acceptors (Lipinski definition) is 3. The van der Waals surface area contributed by atoms with Crippen molar-refractivity contribution in [3.05, 3.63) is 206 Å². The van der Waals surface area contributed by atoms with Gasteiger partial charge in [-0.3, -0.25) is 0 Å². The topological polar surface area (TPSA) is 48.8 Å². The first-order chi connectivity index (χ1) is 30.3. The number of aromatic nitrogens is 4. The van der Waals surface area contributed by atoms with Crippen molar-refractivity contribution in [2.24, 2.45) is 0 Å². The van der Waals surface area contributed by atoms with Gasteiger partial charge in [-0.15, -0.1) is 0 Å². The largest absolute Gasteiger partial charge is 0.455 e. The first-order valence-electron chi connectivity index (χ1n) is 20.7. The summed E-state index contributed by atoms with van der Waals surface area (Å²) in [7, 11) is 0. The summed E-state index contributed by atoms with van der Waals surface area (Å²) in [6.45, 7) is 0. The van der Waals surface area contributed by atoms with Gasteiger partial charge in [0.15, 0.2) is 0 Å². The van der Waals surface area contributed by atoms with Gasteiger partial charge in [-0.25, -0.2) is 9.97 Å². The van der Waals surface area contributed by atoms with Gasteiger partial charge < -0.3 is 13.6 Å². The van der Waals surface area contributed by atoms with Crippen LogP contribution in [0.3, 0.4) is 0 Å². The van der Waals surface area contributed by atoms with Crippen molar-refractivity contribution in [2.45, 2.75) is 0 Å². The van der Waals surface area contributed by atoms with Crippen LogP contribution in [0.1, 0.15) is 0 Å². The summed E-state index contributed by atoms with van der Waals surface area (Å²) in [4.78, 5) is 10.6. The van der Waals surface area contributed by atoms with Crippen LogP contribution in [0.4, 0.5) is 0 Å². The van der Waals surface area contributed by atoms with Crippen LogP contribution in [0.25, 0.3) is 122 Å². The first-order valence-corrected chi connectivity index (χ1v) is 20.7. The standard InChI is InChI=1S/C56H34N4O/c1-4-18-35(19-5-1)42-34-37(53-52(36-20-6-2-7-21-36)57-43-27-13-14-28-44(43)58-53)32-33-47(42)60-46-30-16-10-24-39(46)49-50-41-26-12-17-31-48(41)61-56(50)51-40-25-11-15-29-45(40)59(55(51)54(49)60)38-22-8-3-9-23-38/h1-34H. The molecular weight excluding hydrogens is 745 g/mol. The summed E-state index contributed by atoms with van der Waals surface area (Å²) in [5, 5.41) is 6.80. The molecule has 13 aromatic rings. The molecule has 0 aliphatic heterocycles. The lowest BCUT2D eigenvalue weighted by Gasteiger charge is -2.18. The van der Waals surface area contributed by atoms with E-state index in [1.807, 2.05) is 30.3 Å². The quantitative estimate of drug-likeness (QED) is 0.175. The Kier molecular flexibility index (Phi) is 7.24. The van der Waals surface area contributed by atoms with Gasteiger partial charge in [0.25, 0.3) is 0 Å². The number of benzene rings is 9. The second-order valence-corrected chi connectivity index (χ2v) is 15.7. The van der Waals surface area contributed by atoms with Crippen LogP contribution in [0.5, 0.6) is 0 Å². The Balaban J connectivity index is 1.23. The number of nitrogens with zero attached hydrogens (tertiary/aromatic N) is 4. The average Bonchev–Trinajstić information content (AvgIpc) is 4.00. The molecule has 0 amide bonds. The van der Waals surface area contributed by atoms with Crippen molar-refractivity contribution in [3.8, 4) is 45.0 Å². The molecule has 0 bridgehead atoms. The zero-order valence-corrected chi connectivity index (χ0v) is 32.8. The highest BCUT2D eigenvalue weighted by atomic mass is 16.3. The molecule has 0 fully saturated rings. The van der Waals surface area contributed by atoms with Crippen molar-refractivity contribution in [3.63, 3.8) is 0 Å². The van der Waals surface area contributed by atoms with Crippen LogP contribution in [0.15, 0.2) is 211 Å². The number of rotatable bonds is 5. The van der Waals surface area contributed by atoms with Gasteiger partial charge in [-0.2, -0.15) is 0 Å². The highest BCUT2D eigenvalue weighted by molar-refractivity contribution is 6.39. The minimum Gasteiger partial charge on any atom is -0.455 e. The maximum Gasteiger partial charge on any atom is 0.146 e. The Morgan fingerprint density at radius 2 is 0.902 bits per heavy atom. The minimum atomic E-state index is 0.842. The van der Waals surface area contributed by atoms with Crippen molar-refractivity contribution in [1.29, 1.82) is 0 Å². The van der Waals surface area contributed by atoms with Crippen molar-refractivity contribution >= 4 is 76.6 Å². The Morgan fingerprint density at radius 1 is 0.377 bits per heavy atom. The Morgan fingerprint density at radius 3 is 1.61 bits per heavy atom. The molecular formula is C56H34N4O. The molecule has 0 spiro atoms. The fraction of sp³-hybridized carbons (Fsp3) is 0. The zero-order valence-electron chi connectivity index (χ0n) is 32.8. The Labute approximate surface area is 350 Å². The molecule has 0 atom stereocenters. The number of furan rings is 1. The lowest BCUT2D eigenvalue weighted by molar-refractivity contribution is 0.673. The summed E-state index contributed by atoms with van der Waals surface area (Å²) in [6, 6.07) is 72.9. The molecule has 9 aromatic carbocycles. The molecule has 0 saturated carbocycles. The molecule has 0 N–H and O–H groups in total. The van der Waals surface area contributed by atoms with Gasteiger partial charge in [-0.1, -0.05) is 152 Å². The van der Waals surface area contributed by atoms with E-state index in [2.05, 4.69) is 185 Å². The van der Waals surface area contributed by atoms with Gasteiger partial charge in [0.2, 0.25) is 0 Å². The van der Waals surface area contributed by atoms with E-state index in [-0.39, 0.29) is 0 Å². The lowest BCUT2D eigenvalue weighted by atomic mass is 9.96. The maximum atomic E-state index is 7.00. The van der Waals surface area contributed by atoms with E-state index in [0.717, 1.165) is 122 Å². The summed E-state index contributed by atoms with van der Waals surface area (Å²) in [5.74, 6) is 0. The molecule has 0 aliphatic carbocycles. The van der Waals surface area contributed by atoms with E-state index in [0.29, 0.717) is 0 Å². The minimum absolute atomic E-state index is 0.842. The van der Waals surface area contributed by atoms with Gasteiger partial charge in [0.1, 0.15) is 11.2 Å². The summed E-state index contributed by atoms with van der Waals surface area (Å²) < 4.78 is 11.9. The molecule has 4 aromatic heterocycles. The van der Waals surface area contributed by atoms with Gasteiger partial charge in [-0.05, 0) is 60.2 Å². The normalized spacial score (nSPS) is 11.9.